The second-order valence-corrected chi connectivity index (χ2v) is 6.49. The molecule has 0 spiro atoms. The normalized spacial score (nSPS) is 10.6. The smallest absolute Gasteiger partial charge is 0.226 e. The van der Waals surface area contributed by atoms with Gasteiger partial charge in [0.2, 0.25) is 5.91 Å². The van der Waals surface area contributed by atoms with Crippen molar-refractivity contribution in [2.45, 2.75) is 20.3 Å². The van der Waals surface area contributed by atoms with Gasteiger partial charge in [-0.3, -0.25) is 4.79 Å². The molecule has 2 rings (SSSR count). The lowest BCUT2D eigenvalue weighted by Crippen LogP contribution is -2.15. The maximum absolute atomic E-state index is 11.9. The first-order valence-corrected chi connectivity index (χ1v) is 9.04. The van der Waals surface area contributed by atoms with Crippen molar-refractivity contribution in [1.29, 1.82) is 0 Å². The van der Waals surface area contributed by atoms with Crippen molar-refractivity contribution in [3.63, 3.8) is 0 Å². The van der Waals surface area contributed by atoms with Crippen LogP contribution in [0.15, 0.2) is 36.4 Å². The number of carbonyl (C=O) groups excluding carboxylic acids is 1. The number of aryl methyl sites for hydroxylation is 2. The van der Waals surface area contributed by atoms with Crippen LogP contribution in [0.2, 0.25) is 0 Å². The van der Waals surface area contributed by atoms with Crippen molar-refractivity contribution in [2.75, 3.05) is 29.6 Å². The summed E-state index contributed by atoms with van der Waals surface area (Å²) in [5.74, 6) is -0.0382. The minimum absolute atomic E-state index is 0.0382. The molecule has 0 saturated heterocycles. The van der Waals surface area contributed by atoms with Crippen molar-refractivity contribution in [3.8, 4) is 11.1 Å². The lowest BCUT2D eigenvalue weighted by atomic mass is 10.00. The molecule has 3 N–H and O–H groups in total. The highest BCUT2D eigenvalue weighted by molar-refractivity contribution is 9.09. The Morgan fingerprint density at radius 1 is 1.08 bits per heavy atom. The van der Waals surface area contributed by atoms with Crippen LogP contribution in [0.5, 0.6) is 0 Å². The number of rotatable bonds is 7. The Hall–Kier alpha value is -1.85. The average Bonchev–Trinajstić information content (AvgIpc) is 2.56. The summed E-state index contributed by atoms with van der Waals surface area (Å²) >= 11 is 3.28. The fraction of sp³-hybridized carbons (Fsp3) is 0.316. The van der Waals surface area contributed by atoms with E-state index in [1.54, 1.807) is 0 Å². The number of hydrogen-bond donors (Lipinski definition) is 2. The summed E-state index contributed by atoms with van der Waals surface area (Å²) in [4.78, 5) is 11.9. The van der Waals surface area contributed by atoms with Crippen LogP contribution >= 0.6 is 15.9 Å². The molecule has 4 nitrogen and oxygen atoms in total. The maximum Gasteiger partial charge on any atom is 0.226 e. The number of ether oxygens (including phenoxy) is 1. The minimum Gasteiger partial charge on any atom is -0.399 e. The first-order valence-electron chi connectivity index (χ1n) is 7.92. The summed E-state index contributed by atoms with van der Waals surface area (Å²) in [5, 5.41) is 3.71. The Bertz CT molecular complexity index is 717. The topological polar surface area (TPSA) is 64.3 Å². The highest BCUT2D eigenvalue weighted by Gasteiger charge is 2.07. The number of nitrogens with one attached hydrogen (secondary N) is 1. The first-order chi connectivity index (χ1) is 11.5. The van der Waals surface area contributed by atoms with Crippen molar-refractivity contribution < 1.29 is 9.53 Å². The van der Waals surface area contributed by atoms with Crippen molar-refractivity contribution >= 4 is 33.2 Å². The van der Waals surface area contributed by atoms with Gasteiger partial charge in [0.25, 0.3) is 0 Å². The largest absolute Gasteiger partial charge is 0.399 e. The predicted octanol–water partition coefficient (Wildman–Crippen LogP) is 4.29. The molecule has 0 aromatic heterocycles. The van der Waals surface area contributed by atoms with Gasteiger partial charge in [0.1, 0.15) is 0 Å². The van der Waals surface area contributed by atoms with Gasteiger partial charge in [-0.2, -0.15) is 0 Å². The van der Waals surface area contributed by atoms with E-state index in [1.165, 1.54) is 0 Å². The van der Waals surface area contributed by atoms with Crippen LogP contribution in [0.25, 0.3) is 11.1 Å². The highest BCUT2D eigenvalue weighted by atomic mass is 79.9. The van der Waals surface area contributed by atoms with Crippen LogP contribution < -0.4 is 11.1 Å². The molecule has 0 unspecified atom stereocenters. The minimum atomic E-state index is -0.0382. The molecule has 24 heavy (non-hydrogen) atoms. The number of alkyl halides is 1. The average molecular weight is 391 g/mol. The third kappa shape index (κ3) is 5.08. The monoisotopic (exact) mass is 390 g/mol. The highest BCUT2D eigenvalue weighted by Crippen LogP contribution is 2.27. The van der Waals surface area contributed by atoms with E-state index in [0.717, 1.165) is 39.0 Å². The maximum atomic E-state index is 11.9. The van der Waals surface area contributed by atoms with Gasteiger partial charge in [0, 0.05) is 16.7 Å². The van der Waals surface area contributed by atoms with E-state index >= 15 is 0 Å². The molecule has 0 fully saturated rings. The Kier molecular flexibility index (Phi) is 6.82. The Morgan fingerprint density at radius 3 is 2.38 bits per heavy atom. The van der Waals surface area contributed by atoms with Gasteiger partial charge in [-0.05, 0) is 60.4 Å². The van der Waals surface area contributed by atoms with Crippen LogP contribution in [0, 0.1) is 13.8 Å². The summed E-state index contributed by atoms with van der Waals surface area (Å²) in [6.07, 6.45) is 0.353. The number of halogens is 1. The van der Waals surface area contributed by atoms with E-state index in [1.807, 2.05) is 38.1 Å². The van der Waals surface area contributed by atoms with Crippen molar-refractivity contribution in [3.05, 3.63) is 47.5 Å². The second-order valence-electron chi connectivity index (χ2n) is 5.70. The fourth-order valence-electron chi connectivity index (χ4n) is 2.37. The fourth-order valence-corrected chi connectivity index (χ4v) is 2.60. The number of amides is 1. The van der Waals surface area contributed by atoms with Gasteiger partial charge in [0.15, 0.2) is 0 Å². The van der Waals surface area contributed by atoms with Gasteiger partial charge >= 0.3 is 0 Å². The SMILES string of the molecule is Cc1cc(-c2ccc(NC(=O)CCOCCBr)c(C)c2)ccc1N. The number of nitrogen functional groups attached to an aromatic ring is 1. The molecule has 0 aliphatic rings. The number of carbonyl (C=O) groups is 1. The third-order valence-electron chi connectivity index (χ3n) is 3.80. The van der Waals surface area contributed by atoms with E-state index in [4.69, 9.17) is 10.5 Å². The molecule has 0 saturated carbocycles. The molecule has 0 aliphatic heterocycles. The molecule has 0 atom stereocenters. The zero-order chi connectivity index (χ0) is 17.5. The summed E-state index contributed by atoms with van der Waals surface area (Å²) in [5.41, 5.74) is 11.8. The van der Waals surface area contributed by atoms with E-state index < -0.39 is 0 Å². The van der Waals surface area contributed by atoms with Crippen LogP contribution in [-0.2, 0) is 9.53 Å². The molecule has 0 aliphatic carbocycles. The molecule has 0 radical (unpaired) electrons. The zero-order valence-corrected chi connectivity index (χ0v) is 15.7. The molecular weight excluding hydrogens is 368 g/mol. The molecule has 0 bridgehead atoms. The lowest BCUT2D eigenvalue weighted by molar-refractivity contribution is -0.117. The molecule has 2 aromatic rings. The summed E-state index contributed by atoms with van der Waals surface area (Å²) in [6.45, 7) is 5.03. The van der Waals surface area contributed by atoms with E-state index in [0.29, 0.717) is 19.6 Å². The molecule has 2 aromatic carbocycles. The van der Waals surface area contributed by atoms with E-state index in [2.05, 4.69) is 33.4 Å². The predicted molar refractivity (Wildman–Crippen MR) is 104 cm³/mol. The summed E-state index contributed by atoms with van der Waals surface area (Å²) < 4.78 is 5.30. The Balaban J connectivity index is 2.04. The van der Waals surface area contributed by atoms with Crippen LogP contribution in [0.1, 0.15) is 17.5 Å². The van der Waals surface area contributed by atoms with Gasteiger partial charge in [-0.15, -0.1) is 0 Å². The first kappa shape index (κ1) is 18.5. The Labute approximate surface area is 151 Å². The van der Waals surface area contributed by atoms with Crippen LogP contribution in [0.4, 0.5) is 11.4 Å². The standard InChI is InChI=1S/C19H23BrN2O2/c1-13-11-15(3-5-17(13)21)16-4-6-18(14(2)12-16)22-19(23)7-9-24-10-8-20/h3-6,11-12H,7-10,21H2,1-2H3,(H,22,23). The Morgan fingerprint density at radius 2 is 1.75 bits per heavy atom. The van der Waals surface area contributed by atoms with Crippen molar-refractivity contribution in [2.24, 2.45) is 0 Å². The summed E-state index contributed by atoms with van der Waals surface area (Å²) in [7, 11) is 0. The van der Waals surface area contributed by atoms with Crippen molar-refractivity contribution in [1.82, 2.24) is 0 Å². The van der Waals surface area contributed by atoms with Crippen LogP contribution in [0.3, 0.4) is 0 Å². The van der Waals surface area contributed by atoms with Gasteiger partial charge in [0.05, 0.1) is 19.6 Å². The third-order valence-corrected chi connectivity index (χ3v) is 4.12. The van der Waals surface area contributed by atoms with Gasteiger partial charge < -0.3 is 15.8 Å². The quantitative estimate of drug-likeness (QED) is 0.420. The number of hydrogen-bond acceptors (Lipinski definition) is 3. The molecule has 128 valence electrons. The molecule has 0 heterocycles. The number of anilines is 2. The van der Waals surface area contributed by atoms with Crippen LogP contribution in [-0.4, -0.2) is 24.5 Å². The van der Waals surface area contributed by atoms with Gasteiger partial charge in [-0.1, -0.05) is 28.1 Å². The van der Waals surface area contributed by atoms with E-state index in [9.17, 15) is 4.79 Å². The summed E-state index contributed by atoms with van der Waals surface area (Å²) in [6, 6.07) is 12.0. The second kappa shape index (κ2) is 8.85. The van der Waals surface area contributed by atoms with Gasteiger partial charge in [-0.25, -0.2) is 0 Å². The molecule has 5 heteroatoms. The number of nitrogens with two attached hydrogens (primary N) is 1. The zero-order valence-electron chi connectivity index (χ0n) is 14.1. The van der Waals surface area contributed by atoms with E-state index in [-0.39, 0.29) is 5.91 Å². The molecular formula is C19H23BrN2O2. The molecule has 1 amide bonds. The lowest BCUT2D eigenvalue weighted by Gasteiger charge is -2.11. The number of benzene rings is 2.